The Labute approximate surface area is 154 Å². The van der Waals surface area contributed by atoms with Crippen LogP contribution in [0, 0.1) is 11.3 Å². The molecule has 26 heavy (non-hydrogen) atoms. The second-order valence-electron chi connectivity index (χ2n) is 5.82. The molecule has 0 aliphatic carbocycles. The average Bonchev–Trinajstić information content (AvgIpc) is 2.70. The van der Waals surface area contributed by atoms with Gasteiger partial charge in [-0.3, -0.25) is 0 Å². The average molecular weight is 349 g/mol. The first kappa shape index (κ1) is 19.3. The molecule has 4 nitrogen and oxygen atoms in total. The Morgan fingerprint density at radius 2 is 1.69 bits per heavy atom. The Kier molecular flexibility index (Phi) is 7.95. The van der Waals surface area contributed by atoms with Crippen LogP contribution in [0.25, 0.3) is 11.1 Å². The SMILES string of the molecule is C=CC(=O)OCCCCCCOc1ccccc1-c1ccc(C#N)cc1. The molecule has 4 heteroatoms. The van der Waals surface area contributed by atoms with Gasteiger partial charge in [0.1, 0.15) is 5.75 Å². The van der Waals surface area contributed by atoms with Gasteiger partial charge < -0.3 is 9.47 Å². The third-order valence-electron chi connectivity index (χ3n) is 3.92. The number of hydrogen-bond acceptors (Lipinski definition) is 4. The summed E-state index contributed by atoms with van der Waals surface area (Å²) in [4.78, 5) is 10.9. The number of carbonyl (C=O) groups excluding carboxylic acids is 1. The zero-order chi connectivity index (χ0) is 18.6. The quantitative estimate of drug-likeness (QED) is 0.348. The fourth-order valence-corrected chi connectivity index (χ4v) is 2.53. The molecule has 2 rings (SSSR count). The summed E-state index contributed by atoms with van der Waals surface area (Å²) >= 11 is 0. The summed E-state index contributed by atoms with van der Waals surface area (Å²) in [5.41, 5.74) is 2.70. The van der Waals surface area contributed by atoms with Gasteiger partial charge in [-0.2, -0.15) is 5.26 Å². The molecule has 134 valence electrons. The predicted octanol–water partition coefficient (Wildman–Crippen LogP) is 4.89. The summed E-state index contributed by atoms with van der Waals surface area (Å²) < 4.78 is 10.9. The molecule has 0 heterocycles. The monoisotopic (exact) mass is 349 g/mol. The van der Waals surface area contributed by atoms with Crippen molar-refractivity contribution in [3.8, 4) is 22.9 Å². The van der Waals surface area contributed by atoms with Crippen molar-refractivity contribution in [3.05, 3.63) is 66.7 Å². The number of nitrogens with zero attached hydrogens (tertiary/aromatic N) is 1. The fourth-order valence-electron chi connectivity index (χ4n) is 2.53. The van der Waals surface area contributed by atoms with E-state index in [-0.39, 0.29) is 5.97 Å². The molecule has 0 aliphatic rings. The molecule has 0 saturated heterocycles. The van der Waals surface area contributed by atoms with Crippen LogP contribution < -0.4 is 4.74 Å². The van der Waals surface area contributed by atoms with Crippen molar-refractivity contribution in [1.29, 1.82) is 5.26 Å². The van der Waals surface area contributed by atoms with Crippen LogP contribution in [-0.2, 0) is 9.53 Å². The van der Waals surface area contributed by atoms with E-state index in [1.54, 1.807) is 0 Å². The number of rotatable bonds is 10. The van der Waals surface area contributed by atoms with E-state index in [0.29, 0.717) is 18.8 Å². The van der Waals surface area contributed by atoms with E-state index in [4.69, 9.17) is 14.7 Å². The number of hydrogen-bond donors (Lipinski definition) is 0. The summed E-state index contributed by atoms with van der Waals surface area (Å²) in [5.74, 6) is 0.477. The smallest absolute Gasteiger partial charge is 0.330 e. The van der Waals surface area contributed by atoms with Crippen molar-refractivity contribution in [2.24, 2.45) is 0 Å². The lowest BCUT2D eigenvalue weighted by Gasteiger charge is -2.12. The van der Waals surface area contributed by atoms with Gasteiger partial charge in [-0.05, 0) is 49.4 Å². The second-order valence-corrected chi connectivity index (χ2v) is 5.82. The highest BCUT2D eigenvalue weighted by Crippen LogP contribution is 2.30. The van der Waals surface area contributed by atoms with Crippen LogP contribution >= 0.6 is 0 Å². The maximum absolute atomic E-state index is 10.9. The van der Waals surface area contributed by atoms with E-state index in [2.05, 4.69) is 12.6 Å². The molecule has 0 radical (unpaired) electrons. The van der Waals surface area contributed by atoms with Crippen LogP contribution in [-0.4, -0.2) is 19.2 Å². The Morgan fingerprint density at radius 1 is 1.00 bits per heavy atom. The number of carbonyl (C=O) groups is 1. The van der Waals surface area contributed by atoms with Crippen LogP contribution in [0.3, 0.4) is 0 Å². The second kappa shape index (κ2) is 10.7. The zero-order valence-corrected chi connectivity index (χ0v) is 14.8. The van der Waals surface area contributed by atoms with Gasteiger partial charge in [0.25, 0.3) is 0 Å². The van der Waals surface area contributed by atoms with Crippen molar-refractivity contribution in [2.75, 3.05) is 13.2 Å². The highest BCUT2D eigenvalue weighted by Gasteiger charge is 2.06. The molecule has 0 amide bonds. The van der Waals surface area contributed by atoms with E-state index in [1.165, 1.54) is 6.08 Å². The van der Waals surface area contributed by atoms with Gasteiger partial charge >= 0.3 is 5.97 Å². The van der Waals surface area contributed by atoms with E-state index in [1.807, 2.05) is 48.5 Å². The highest BCUT2D eigenvalue weighted by atomic mass is 16.5. The van der Waals surface area contributed by atoms with E-state index in [9.17, 15) is 4.79 Å². The van der Waals surface area contributed by atoms with E-state index >= 15 is 0 Å². The molecule has 2 aromatic rings. The van der Waals surface area contributed by atoms with Crippen LogP contribution in [0.4, 0.5) is 0 Å². The molecular weight excluding hydrogens is 326 g/mol. The molecule has 0 spiro atoms. The summed E-state index contributed by atoms with van der Waals surface area (Å²) in [6.07, 6.45) is 4.98. The van der Waals surface area contributed by atoms with Crippen molar-refractivity contribution < 1.29 is 14.3 Å². The Morgan fingerprint density at radius 3 is 2.38 bits per heavy atom. The standard InChI is InChI=1S/C22H23NO3/c1-2-22(24)26-16-8-4-3-7-15-25-21-10-6-5-9-20(21)19-13-11-18(17-23)12-14-19/h2,5-6,9-14H,1,3-4,7-8,15-16H2. The minimum atomic E-state index is -0.368. The number of esters is 1. The van der Waals surface area contributed by atoms with Crippen LogP contribution in [0.1, 0.15) is 31.2 Å². The minimum Gasteiger partial charge on any atom is -0.493 e. The number of benzene rings is 2. The normalized spacial score (nSPS) is 9.96. The van der Waals surface area contributed by atoms with Crippen LogP contribution in [0.5, 0.6) is 5.75 Å². The Balaban J connectivity index is 1.77. The van der Waals surface area contributed by atoms with Crippen LogP contribution in [0.2, 0.25) is 0 Å². The van der Waals surface area contributed by atoms with Gasteiger partial charge in [0.05, 0.1) is 24.8 Å². The number of ether oxygens (including phenoxy) is 2. The van der Waals surface area contributed by atoms with Crippen molar-refractivity contribution >= 4 is 5.97 Å². The summed E-state index contributed by atoms with van der Waals surface area (Å²) in [6, 6.07) is 17.5. The fraction of sp³-hybridized carbons (Fsp3) is 0.273. The maximum atomic E-state index is 10.9. The lowest BCUT2D eigenvalue weighted by atomic mass is 10.0. The third kappa shape index (κ3) is 6.10. The Hall–Kier alpha value is -3.06. The first-order chi connectivity index (χ1) is 12.7. The number of nitriles is 1. The third-order valence-corrected chi connectivity index (χ3v) is 3.92. The van der Waals surface area contributed by atoms with Gasteiger partial charge in [-0.1, -0.05) is 36.9 Å². The van der Waals surface area contributed by atoms with Crippen LogP contribution in [0.15, 0.2) is 61.2 Å². The first-order valence-corrected chi connectivity index (χ1v) is 8.76. The first-order valence-electron chi connectivity index (χ1n) is 8.76. The summed E-state index contributed by atoms with van der Waals surface area (Å²) in [6.45, 7) is 4.44. The van der Waals surface area contributed by atoms with Gasteiger partial charge in [0.2, 0.25) is 0 Å². The minimum absolute atomic E-state index is 0.368. The zero-order valence-electron chi connectivity index (χ0n) is 14.8. The van der Waals surface area contributed by atoms with Gasteiger partial charge in [-0.15, -0.1) is 0 Å². The lowest BCUT2D eigenvalue weighted by molar-refractivity contribution is -0.137. The molecule has 0 unspecified atom stereocenters. The summed E-state index contributed by atoms with van der Waals surface area (Å²) in [7, 11) is 0. The molecule has 0 saturated carbocycles. The largest absolute Gasteiger partial charge is 0.493 e. The molecule has 0 aromatic heterocycles. The number of para-hydroxylation sites is 1. The van der Waals surface area contributed by atoms with E-state index in [0.717, 1.165) is 42.6 Å². The maximum Gasteiger partial charge on any atom is 0.330 e. The summed E-state index contributed by atoms with van der Waals surface area (Å²) in [5, 5.41) is 8.91. The van der Waals surface area contributed by atoms with Gasteiger partial charge in [0.15, 0.2) is 0 Å². The van der Waals surface area contributed by atoms with Gasteiger partial charge in [-0.25, -0.2) is 4.79 Å². The molecular formula is C22H23NO3. The molecule has 0 atom stereocenters. The Bertz CT molecular complexity index is 760. The number of unbranched alkanes of at least 4 members (excludes halogenated alkanes) is 3. The molecule has 2 aromatic carbocycles. The van der Waals surface area contributed by atoms with Crippen molar-refractivity contribution in [3.63, 3.8) is 0 Å². The van der Waals surface area contributed by atoms with Crippen molar-refractivity contribution in [1.82, 2.24) is 0 Å². The molecule has 0 aliphatic heterocycles. The highest BCUT2D eigenvalue weighted by molar-refractivity contribution is 5.81. The molecule has 0 fully saturated rings. The van der Waals surface area contributed by atoms with Gasteiger partial charge in [0, 0.05) is 11.6 Å². The van der Waals surface area contributed by atoms with Crippen molar-refractivity contribution in [2.45, 2.75) is 25.7 Å². The lowest BCUT2D eigenvalue weighted by Crippen LogP contribution is -2.02. The molecule has 0 N–H and O–H groups in total. The topological polar surface area (TPSA) is 59.3 Å². The molecule has 0 bridgehead atoms. The predicted molar refractivity (Wildman–Crippen MR) is 102 cm³/mol. The van der Waals surface area contributed by atoms with E-state index < -0.39 is 0 Å².